The lowest BCUT2D eigenvalue weighted by Gasteiger charge is -2.45. The Morgan fingerprint density at radius 3 is 2.38 bits per heavy atom. The zero-order chi connectivity index (χ0) is 21.1. The SMILES string of the molecule is CC(C)c1ccc2c(c1)C1(OC(C(C)(C)C)=N2)C(=O)N(C)C(=O)c2ccccc21. The molecule has 2 heterocycles. The second-order valence-corrected chi connectivity index (χ2v) is 9.10. The van der Waals surface area contributed by atoms with Crippen molar-refractivity contribution in [1.82, 2.24) is 4.90 Å². The van der Waals surface area contributed by atoms with E-state index in [2.05, 4.69) is 13.8 Å². The number of carbonyl (C=O) groups is 2. The van der Waals surface area contributed by atoms with Crippen LogP contribution in [-0.4, -0.2) is 29.7 Å². The molecule has 150 valence electrons. The third kappa shape index (κ3) is 2.71. The number of hydrogen-bond acceptors (Lipinski definition) is 4. The quantitative estimate of drug-likeness (QED) is 0.659. The molecular formula is C24H26N2O3. The molecule has 2 aliphatic heterocycles. The lowest BCUT2D eigenvalue weighted by Crippen LogP contribution is -2.57. The van der Waals surface area contributed by atoms with Crippen molar-refractivity contribution in [2.45, 2.75) is 46.1 Å². The molecule has 0 N–H and O–H groups in total. The first-order chi connectivity index (χ1) is 13.6. The van der Waals surface area contributed by atoms with Crippen molar-refractivity contribution < 1.29 is 14.3 Å². The molecule has 5 nitrogen and oxygen atoms in total. The average molecular weight is 390 g/mol. The molecule has 2 amide bonds. The largest absolute Gasteiger partial charge is 0.454 e. The fraction of sp³-hybridized carbons (Fsp3) is 0.375. The minimum atomic E-state index is -1.43. The number of carbonyl (C=O) groups excluding carboxylic acids is 2. The first-order valence-electron chi connectivity index (χ1n) is 9.92. The second kappa shape index (κ2) is 6.28. The molecule has 0 radical (unpaired) electrons. The zero-order valence-electron chi connectivity index (χ0n) is 17.7. The van der Waals surface area contributed by atoms with Gasteiger partial charge in [-0.2, -0.15) is 0 Å². The van der Waals surface area contributed by atoms with Gasteiger partial charge in [-0.05, 0) is 29.7 Å². The Labute approximate surface area is 171 Å². The number of benzene rings is 2. The number of amides is 2. The molecule has 4 rings (SSSR count). The van der Waals surface area contributed by atoms with Crippen LogP contribution in [0, 0.1) is 5.41 Å². The van der Waals surface area contributed by atoms with Gasteiger partial charge in [0, 0.05) is 29.2 Å². The third-order valence-electron chi connectivity index (χ3n) is 5.63. The molecule has 2 aromatic rings. The minimum absolute atomic E-state index is 0.277. The van der Waals surface area contributed by atoms with Gasteiger partial charge in [0.1, 0.15) is 0 Å². The van der Waals surface area contributed by atoms with E-state index in [-0.39, 0.29) is 17.7 Å². The van der Waals surface area contributed by atoms with Gasteiger partial charge >= 0.3 is 0 Å². The highest BCUT2D eigenvalue weighted by Crippen LogP contribution is 2.49. The topological polar surface area (TPSA) is 59.0 Å². The first kappa shape index (κ1) is 19.4. The van der Waals surface area contributed by atoms with Crippen LogP contribution in [0.25, 0.3) is 0 Å². The molecule has 0 aliphatic carbocycles. The van der Waals surface area contributed by atoms with Gasteiger partial charge in [0.25, 0.3) is 11.8 Å². The van der Waals surface area contributed by atoms with E-state index in [0.717, 1.165) is 5.56 Å². The van der Waals surface area contributed by atoms with E-state index < -0.39 is 11.0 Å². The fourth-order valence-electron chi connectivity index (χ4n) is 3.91. The Hall–Kier alpha value is -2.95. The van der Waals surface area contributed by atoms with Crippen LogP contribution in [0.2, 0.25) is 0 Å². The Morgan fingerprint density at radius 1 is 1.03 bits per heavy atom. The van der Waals surface area contributed by atoms with Crippen LogP contribution in [0.5, 0.6) is 0 Å². The van der Waals surface area contributed by atoms with Crippen molar-refractivity contribution in [2.75, 3.05) is 7.05 Å². The summed E-state index contributed by atoms with van der Waals surface area (Å²) in [5, 5.41) is 0. The van der Waals surface area contributed by atoms with Crippen molar-refractivity contribution in [3.8, 4) is 0 Å². The molecule has 1 unspecified atom stereocenters. The van der Waals surface area contributed by atoms with E-state index in [1.165, 1.54) is 11.9 Å². The molecule has 5 heteroatoms. The van der Waals surface area contributed by atoms with E-state index in [4.69, 9.17) is 9.73 Å². The van der Waals surface area contributed by atoms with E-state index in [9.17, 15) is 9.59 Å². The van der Waals surface area contributed by atoms with Crippen LogP contribution in [0.4, 0.5) is 5.69 Å². The number of hydrogen-bond donors (Lipinski definition) is 0. The van der Waals surface area contributed by atoms with Crippen molar-refractivity contribution in [1.29, 1.82) is 0 Å². The van der Waals surface area contributed by atoms with Gasteiger partial charge < -0.3 is 4.74 Å². The summed E-state index contributed by atoms with van der Waals surface area (Å²) in [5.41, 5.74) is 1.70. The lowest BCUT2D eigenvalue weighted by molar-refractivity contribution is -0.144. The molecule has 0 saturated carbocycles. The molecule has 29 heavy (non-hydrogen) atoms. The monoisotopic (exact) mass is 390 g/mol. The molecule has 2 aliphatic rings. The molecule has 1 spiro atoms. The summed E-state index contributed by atoms with van der Waals surface area (Å²) in [4.78, 5) is 32.5. The maximum atomic E-state index is 13.7. The molecule has 0 saturated heterocycles. The van der Waals surface area contributed by atoms with Gasteiger partial charge in [-0.15, -0.1) is 0 Å². The normalized spacial score (nSPS) is 21.1. The molecule has 2 aromatic carbocycles. The average Bonchev–Trinajstić information content (AvgIpc) is 2.69. The summed E-state index contributed by atoms with van der Waals surface area (Å²) in [7, 11) is 1.51. The van der Waals surface area contributed by atoms with Crippen LogP contribution >= 0.6 is 0 Å². The summed E-state index contributed by atoms with van der Waals surface area (Å²) >= 11 is 0. The van der Waals surface area contributed by atoms with Crippen molar-refractivity contribution in [2.24, 2.45) is 10.4 Å². The number of nitrogens with zero attached hydrogens (tertiary/aromatic N) is 2. The summed E-state index contributed by atoms with van der Waals surface area (Å²) in [5.74, 6) is 0.0491. The number of ether oxygens (including phenoxy) is 1. The van der Waals surface area contributed by atoms with Gasteiger partial charge in [-0.25, -0.2) is 4.99 Å². The Balaban J connectivity index is 2.11. The second-order valence-electron chi connectivity index (χ2n) is 9.10. The Kier molecular flexibility index (Phi) is 4.19. The Morgan fingerprint density at radius 2 is 1.72 bits per heavy atom. The summed E-state index contributed by atoms with van der Waals surface area (Å²) in [6.45, 7) is 10.2. The highest BCUT2D eigenvalue weighted by atomic mass is 16.5. The summed E-state index contributed by atoms with van der Waals surface area (Å²) in [6.07, 6.45) is 0. The van der Waals surface area contributed by atoms with Gasteiger partial charge in [0.2, 0.25) is 5.60 Å². The number of fused-ring (bicyclic) bond motifs is 4. The smallest absolute Gasteiger partial charge is 0.283 e. The summed E-state index contributed by atoms with van der Waals surface area (Å²) < 4.78 is 6.50. The zero-order valence-corrected chi connectivity index (χ0v) is 17.7. The van der Waals surface area contributed by atoms with Gasteiger partial charge in [0.05, 0.1) is 5.69 Å². The van der Waals surface area contributed by atoms with Gasteiger partial charge in [0.15, 0.2) is 5.90 Å². The standard InChI is InChI=1S/C24H26N2O3/c1-14(2)15-11-12-19-18(13-15)24(29-21(25-19)23(3,4)5)17-10-8-7-9-16(17)20(27)26(6)22(24)28/h7-14H,1-6H3. The van der Waals surface area contributed by atoms with Crippen LogP contribution in [0.15, 0.2) is 47.5 Å². The predicted octanol–water partition coefficient (Wildman–Crippen LogP) is 4.77. The molecule has 0 fully saturated rings. The van der Waals surface area contributed by atoms with E-state index in [1.807, 2.05) is 51.1 Å². The minimum Gasteiger partial charge on any atom is -0.454 e. The van der Waals surface area contributed by atoms with Crippen LogP contribution < -0.4 is 0 Å². The highest BCUT2D eigenvalue weighted by Gasteiger charge is 2.57. The van der Waals surface area contributed by atoms with Crippen LogP contribution in [0.1, 0.15) is 67.6 Å². The number of likely N-dealkylation sites (N-methyl/N-ethyl adjacent to an activating group) is 1. The maximum absolute atomic E-state index is 13.7. The predicted molar refractivity (Wildman–Crippen MR) is 112 cm³/mol. The van der Waals surface area contributed by atoms with Crippen molar-refractivity contribution in [3.05, 3.63) is 64.7 Å². The molecule has 0 aromatic heterocycles. The van der Waals surface area contributed by atoms with E-state index in [0.29, 0.717) is 28.3 Å². The molecule has 1 atom stereocenters. The maximum Gasteiger partial charge on any atom is 0.283 e. The third-order valence-corrected chi connectivity index (χ3v) is 5.63. The van der Waals surface area contributed by atoms with Crippen molar-refractivity contribution >= 4 is 23.4 Å². The van der Waals surface area contributed by atoms with E-state index >= 15 is 0 Å². The van der Waals surface area contributed by atoms with Gasteiger partial charge in [-0.3, -0.25) is 14.5 Å². The summed E-state index contributed by atoms with van der Waals surface area (Å²) in [6, 6.07) is 13.2. The van der Waals surface area contributed by atoms with Crippen LogP contribution in [0.3, 0.4) is 0 Å². The molecular weight excluding hydrogens is 364 g/mol. The van der Waals surface area contributed by atoms with Crippen molar-refractivity contribution in [3.63, 3.8) is 0 Å². The number of aliphatic imine (C=N–C) groups is 1. The van der Waals surface area contributed by atoms with Crippen LogP contribution in [-0.2, 0) is 15.1 Å². The Bertz CT molecular complexity index is 1060. The van der Waals surface area contributed by atoms with Gasteiger partial charge in [-0.1, -0.05) is 58.9 Å². The fourth-order valence-corrected chi connectivity index (χ4v) is 3.91. The lowest BCUT2D eigenvalue weighted by atomic mass is 9.76. The van der Waals surface area contributed by atoms with E-state index in [1.54, 1.807) is 12.1 Å². The molecule has 0 bridgehead atoms. The number of rotatable bonds is 1. The highest BCUT2D eigenvalue weighted by molar-refractivity contribution is 6.15. The first-order valence-corrected chi connectivity index (χ1v) is 9.92. The number of imide groups is 1.